The Balaban J connectivity index is 1.23. The van der Waals surface area contributed by atoms with Gasteiger partial charge in [-0.25, -0.2) is 15.0 Å². The van der Waals surface area contributed by atoms with Crippen molar-refractivity contribution in [3.63, 3.8) is 0 Å². The predicted octanol–water partition coefficient (Wildman–Crippen LogP) is 6.12. The first-order chi connectivity index (χ1) is 25.4. The molecule has 1 aliphatic rings. The maximum Gasteiger partial charge on any atom is 0.256 e. The number of nitrogens with one attached hydrogen (secondary N) is 1. The summed E-state index contributed by atoms with van der Waals surface area (Å²) in [7, 11) is 3.26. The number of carbonyl (C=O) groups is 1. The SMILES string of the molecule is CC#Cc1nc2c(NC(=O)c3ccccc3)ncnc2n1[C@H]1C[C@H](O)[C@@H](COC(c2ccccc2)(c2ccc(OC)cc2)c2ccc(OC)cc2)O1. The topological polar surface area (TPSA) is 130 Å². The molecular weight excluding hydrogens is 658 g/mol. The lowest BCUT2D eigenvalue weighted by Gasteiger charge is -2.37. The number of aromatic nitrogens is 4. The second kappa shape index (κ2) is 15.0. The summed E-state index contributed by atoms with van der Waals surface area (Å²) in [6.07, 6.45) is -0.747. The van der Waals surface area contributed by atoms with Gasteiger partial charge in [0.1, 0.15) is 35.8 Å². The van der Waals surface area contributed by atoms with Crippen LogP contribution in [0.2, 0.25) is 0 Å². The lowest BCUT2D eigenvalue weighted by molar-refractivity contribution is -0.0932. The summed E-state index contributed by atoms with van der Waals surface area (Å²) >= 11 is 0. The molecule has 7 rings (SSSR count). The Hall–Kier alpha value is -6.06. The number of aliphatic hydroxyl groups is 1. The number of rotatable bonds is 11. The number of hydrogen-bond donors (Lipinski definition) is 2. The van der Waals surface area contributed by atoms with E-state index in [-0.39, 0.29) is 24.8 Å². The van der Waals surface area contributed by atoms with Crippen LogP contribution in [0.3, 0.4) is 0 Å². The van der Waals surface area contributed by atoms with Crippen molar-refractivity contribution in [1.82, 2.24) is 19.5 Å². The number of amides is 1. The number of aliphatic hydroxyl groups excluding tert-OH is 1. The van der Waals surface area contributed by atoms with Crippen LogP contribution in [-0.2, 0) is 15.1 Å². The Labute approximate surface area is 301 Å². The summed E-state index contributed by atoms with van der Waals surface area (Å²) < 4.78 is 26.3. The first kappa shape index (κ1) is 34.4. The largest absolute Gasteiger partial charge is 0.497 e. The number of fused-ring (bicyclic) bond motifs is 1. The highest BCUT2D eigenvalue weighted by atomic mass is 16.6. The number of methoxy groups -OCH3 is 2. The third kappa shape index (κ3) is 6.58. The Morgan fingerprint density at radius 3 is 2.08 bits per heavy atom. The van der Waals surface area contributed by atoms with Crippen LogP contribution in [0.15, 0.2) is 116 Å². The first-order valence-corrected chi connectivity index (χ1v) is 16.8. The molecule has 6 aromatic rings. The van der Waals surface area contributed by atoms with E-state index in [0.29, 0.717) is 34.1 Å². The molecule has 3 heterocycles. The van der Waals surface area contributed by atoms with Crippen molar-refractivity contribution in [2.75, 3.05) is 26.1 Å². The fourth-order valence-electron chi connectivity index (χ4n) is 6.55. The summed E-state index contributed by atoms with van der Waals surface area (Å²) in [4.78, 5) is 26.6. The van der Waals surface area contributed by atoms with Crippen LogP contribution in [0, 0.1) is 11.8 Å². The average molecular weight is 696 g/mol. The highest BCUT2D eigenvalue weighted by Gasteiger charge is 2.42. The monoisotopic (exact) mass is 695 g/mol. The number of carbonyl (C=O) groups excluding carboxylic acids is 1. The highest BCUT2D eigenvalue weighted by molar-refractivity contribution is 6.06. The van der Waals surface area contributed by atoms with Gasteiger partial charge in [-0.2, -0.15) is 0 Å². The second-order valence-electron chi connectivity index (χ2n) is 12.1. The van der Waals surface area contributed by atoms with Crippen molar-refractivity contribution in [3.05, 3.63) is 144 Å². The van der Waals surface area contributed by atoms with Crippen LogP contribution >= 0.6 is 0 Å². The normalized spacial score (nSPS) is 17.0. The maximum absolute atomic E-state index is 13.0. The molecule has 1 amide bonds. The van der Waals surface area contributed by atoms with Crippen molar-refractivity contribution in [2.24, 2.45) is 0 Å². The van der Waals surface area contributed by atoms with Crippen molar-refractivity contribution in [1.29, 1.82) is 0 Å². The van der Waals surface area contributed by atoms with Gasteiger partial charge in [0.2, 0.25) is 0 Å². The lowest BCUT2D eigenvalue weighted by atomic mass is 9.80. The van der Waals surface area contributed by atoms with Gasteiger partial charge in [-0.05, 0) is 65.9 Å². The Bertz CT molecular complexity index is 2170. The van der Waals surface area contributed by atoms with Gasteiger partial charge in [-0.15, -0.1) is 0 Å². The fourth-order valence-corrected chi connectivity index (χ4v) is 6.55. The zero-order chi connectivity index (χ0) is 36.1. The molecule has 0 aliphatic carbocycles. The summed E-state index contributed by atoms with van der Waals surface area (Å²) in [6.45, 7) is 1.73. The number of ether oxygens (including phenoxy) is 4. The Kier molecular flexibility index (Phi) is 9.95. The number of benzene rings is 4. The van der Waals surface area contributed by atoms with E-state index in [1.807, 2.05) is 84.9 Å². The van der Waals surface area contributed by atoms with Crippen molar-refractivity contribution >= 4 is 22.9 Å². The molecule has 0 bridgehead atoms. The third-order valence-corrected chi connectivity index (χ3v) is 9.11. The number of hydrogen-bond acceptors (Lipinski definition) is 9. The summed E-state index contributed by atoms with van der Waals surface area (Å²) in [5.41, 5.74) is 2.74. The quantitative estimate of drug-likeness (QED) is 0.122. The van der Waals surface area contributed by atoms with E-state index in [4.69, 9.17) is 23.9 Å². The van der Waals surface area contributed by atoms with E-state index in [0.717, 1.165) is 16.7 Å². The van der Waals surface area contributed by atoms with Crippen LogP contribution in [0.5, 0.6) is 11.5 Å². The van der Waals surface area contributed by atoms with Gasteiger partial charge in [-0.1, -0.05) is 78.7 Å². The minimum atomic E-state index is -1.10. The molecule has 0 radical (unpaired) electrons. The second-order valence-corrected chi connectivity index (χ2v) is 12.1. The summed E-state index contributed by atoms with van der Waals surface area (Å²) in [5.74, 6) is 7.62. The average Bonchev–Trinajstić information content (AvgIpc) is 3.75. The molecule has 0 spiro atoms. The van der Waals surface area contributed by atoms with E-state index in [9.17, 15) is 9.90 Å². The van der Waals surface area contributed by atoms with E-state index in [1.165, 1.54) is 6.33 Å². The molecule has 2 aromatic heterocycles. The molecule has 4 aromatic carbocycles. The van der Waals surface area contributed by atoms with Crippen LogP contribution in [-0.4, -0.2) is 63.6 Å². The Morgan fingerprint density at radius 2 is 1.48 bits per heavy atom. The van der Waals surface area contributed by atoms with E-state index in [1.54, 1.807) is 50.0 Å². The Morgan fingerprint density at radius 1 is 0.885 bits per heavy atom. The molecular formula is C41H37N5O6. The summed E-state index contributed by atoms with van der Waals surface area (Å²) in [5, 5.41) is 14.3. The highest BCUT2D eigenvalue weighted by Crippen LogP contribution is 2.43. The minimum Gasteiger partial charge on any atom is -0.497 e. The van der Waals surface area contributed by atoms with Crippen molar-refractivity contribution < 1.29 is 28.8 Å². The van der Waals surface area contributed by atoms with Crippen molar-refractivity contribution in [2.45, 2.75) is 37.4 Å². The van der Waals surface area contributed by atoms with E-state index in [2.05, 4.69) is 27.1 Å². The molecule has 1 fully saturated rings. The van der Waals surface area contributed by atoms with Crippen molar-refractivity contribution in [3.8, 4) is 23.3 Å². The van der Waals surface area contributed by atoms with Gasteiger partial charge in [0.15, 0.2) is 22.8 Å². The molecule has 1 saturated heterocycles. The zero-order valence-electron chi connectivity index (χ0n) is 28.9. The number of imidazole rings is 1. The van der Waals surface area contributed by atoms with Gasteiger partial charge in [0.05, 0.1) is 26.9 Å². The van der Waals surface area contributed by atoms with Gasteiger partial charge in [0, 0.05) is 12.0 Å². The van der Waals surface area contributed by atoms with E-state index >= 15 is 0 Å². The fraction of sp³-hybridized carbons (Fsp3) is 0.220. The van der Waals surface area contributed by atoms with E-state index < -0.39 is 24.0 Å². The van der Waals surface area contributed by atoms with Gasteiger partial charge in [0.25, 0.3) is 5.91 Å². The lowest BCUT2D eigenvalue weighted by Crippen LogP contribution is -2.38. The molecule has 0 unspecified atom stereocenters. The van der Waals surface area contributed by atoms with Crippen LogP contribution in [0.1, 0.15) is 52.4 Å². The standard InChI is InChI=1S/C41H37N5O6/c1-4-11-35-44-37-38(45-40(48)27-12-7-5-8-13-27)42-26-43-39(37)46(35)36-24-33(47)34(52-36)25-51-41(28-14-9-6-10-15-28,29-16-20-31(49-2)21-17-29)30-18-22-32(50-3)23-19-30/h5-10,12-23,26,33-34,36,47H,24-25H2,1-3H3,(H,42,43,45,48)/t33-,34+,36+/m0/s1. The van der Waals surface area contributed by atoms with Gasteiger partial charge < -0.3 is 29.4 Å². The molecule has 52 heavy (non-hydrogen) atoms. The smallest absolute Gasteiger partial charge is 0.256 e. The molecule has 11 nitrogen and oxygen atoms in total. The zero-order valence-corrected chi connectivity index (χ0v) is 28.9. The molecule has 2 N–H and O–H groups in total. The van der Waals surface area contributed by atoms with Gasteiger partial charge >= 0.3 is 0 Å². The molecule has 262 valence electrons. The minimum absolute atomic E-state index is 0.0272. The van der Waals surface area contributed by atoms with Crippen LogP contribution in [0.4, 0.5) is 5.82 Å². The van der Waals surface area contributed by atoms with Crippen LogP contribution < -0.4 is 14.8 Å². The first-order valence-electron chi connectivity index (χ1n) is 16.8. The molecule has 3 atom stereocenters. The summed E-state index contributed by atoms with van der Waals surface area (Å²) in [6, 6.07) is 34.3. The number of nitrogens with zero attached hydrogens (tertiary/aromatic N) is 4. The molecule has 0 saturated carbocycles. The molecule has 11 heteroatoms. The van der Waals surface area contributed by atoms with Crippen LogP contribution in [0.25, 0.3) is 11.2 Å². The molecule has 1 aliphatic heterocycles. The predicted molar refractivity (Wildman–Crippen MR) is 195 cm³/mol. The third-order valence-electron chi connectivity index (χ3n) is 9.11. The number of anilines is 1. The maximum atomic E-state index is 13.0. The van der Waals surface area contributed by atoms with Gasteiger partial charge in [-0.3, -0.25) is 9.36 Å².